The average molecular weight is 270 g/mol. The molecule has 1 aliphatic heterocycles. The van der Waals surface area contributed by atoms with E-state index in [2.05, 4.69) is 41.2 Å². The molecule has 1 atom stereocenters. The Hall–Kier alpha value is -0.540. The zero-order valence-electron chi connectivity index (χ0n) is 9.09. The maximum atomic E-state index is 5.63. The van der Waals surface area contributed by atoms with Gasteiger partial charge in [0.1, 0.15) is 5.75 Å². The minimum Gasteiger partial charge on any atom is -0.493 e. The van der Waals surface area contributed by atoms with Crippen molar-refractivity contribution in [3.05, 3.63) is 28.2 Å². The number of hydrogen-bond donors (Lipinski definition) is 1. The first-order chi connectivity index (χ1) is 7.16. The van der Waals surface area contributed by atoms with Crippen LogP contribution in [0.2, 0.25) is 0 Å². The van der Waals surface area contributed by atoms with Gasteiger partial charge in [-0.3, -0.25) is 0 Å². The quantitative estimate of drug-likeness (QED) is 0.890. The number of ether oxygens (including phenoxy) is 1. The van der Waals surface area contributed by atoms with Gasteiger partial charge >= 0.3 is 0 Å². The van der Waals surface area contributed by atoms with E-state index in [1.54, 1.807) is 0 Å². The van der Waals surface area contributed by atoms with Crippen LogP contribution < -0.4 is 10.1 Å². The minimum atomic E-state index is 0.422. The maximum Gasteiger partial charge on any atom is 0.124 e. The molecule has 1 aromatic rings. The summed E-state index contributed by atoms with van der Waals surface area (Å²) in [5, 5.41) is 3.56. The van der Waals surface area contributed by atoms with Crippen LogP contribution in [-0.2, 0) is 0 Å². The summed E-state index contributed by atoms with van der Waals surface area (Å²) in [5.74, 6) is 1.02. The predicted octanol–water partition coefficient (Wildman–Crippen LogP) is 3.27. The van der Waals surface area contributed by atoms with E-state index in [4.69, 9.17) is 4.74 Å². The fraction of sp³-hybridized carbons (Fsp3) is 0.500. The predicted molar refractivity (Wildman–Crippen MR) is 65.3 cm³/mol. The molecule has 1 aromatic carbocycles. The number of benzene rings is 1. The van der Waals surface area contributed by atoms with Crippen LogP contribution in [0.1, 0.15) is 31.9 Å². The van der Waals surface area contributed by atoms with Gasteiger partial charge in [0.25, 0.3) is 0 Å². The van der Waals surface area contributed by atoms with Gasteiger partial charge in [-0.2, -0.15) is 0 Å². The molecule has 1 heterocycles. The van der Waals surface area contributed by atoms with Crippen molar-refractivity contribution in [2.75, 3.05) is 6.61 Å². The number of halogens is 1. The first-order valence-electron chi connectivity index (χ1n) is 5.35. The average Bonchev–Trinajstić information content (AvgIpc) is 2.18. The summed E-state index contributed by atoms with van der Waals surface area (Å²) < 4.78 is 6.74. The van der Waals surface area contributed by atoms with Gasteiger partial charge in [-0.15, -0.1) is 0 Å². The smallest absolute Gasteiger partial charge is 0.124 e. The highest BCUT2D eigenvalue weighted by Gasteiger charge is 2.21. The molecule has 3 heteroatoms. The molecule has 0 spiro atoms. The van der Waals surface area contributed by atoms with E-state index >= 15 is 0 Å². The summed E-state index contributed by atoms with van der Waals surface area (Å²) in [5.41, 5.74) is 1.27. The van der Waals surface area contributed by atoms with Gasteiger partial charge in [0, 0.05) is 28.5 Å². The van der Waals surface area contributed by atoms with Crippen LogP contribution in [0.4, 0.5) is 0 Å². The molecule has 0 aliphatic carbocycles. The summed E-state index contributed by atoms with van der Waals surface area (Å²) >= 11 is 3.50. The molecular formula is C12H16BrNO. The first kappa shape index (κ1) is 11.0. The first-order valence-corrected chi connectivity index (χ1v) is 6.14. The Morgan fingerprint density at radius 2 is 2.27 bits per heavy atom. The molecule has 0 radical (unpaired) electrons. The Kier molecular flexibility index (Phi) is 3.32. The molecule has 0 saturated heterocycles. The molecule has 0 aromatic heterocycles. The molecule has 2 nitrogen and oxygen atoms in total. The summed E-state index contributed by atoms with van der Waals surface area (Å²) in [7, 11) is 0. The maximum absolute atomic E-state index is 5.63. The lowest BCUT2D eigenvalue weighted by molar-refractivity contribution is 0.247. The topological polar surface area (TPSA) is 21.3 Å². The largest absolute Gasteiger partial charge is 0.493 e. The highest BCUT2D eigenvalue weighted by Crippen LogP contribution is 2.34. The van der Waals surface area contributed by atoms with Crippen LogP contribution in [-0.4, -0.2) is 12.6 Å². The van der Waals surface area contributed by atoms with Crippen molar-refractivity contribution in [2.45, 2.75) is 32.4 Å². The van der Waals surface area contributed by atoms with Crippen molar-refractivity contribution in [2.24, 2.45) is 0 Å². The summed E-state index contributed by atoms with van der Waals surface area (Å²) in [6.45, 7) is 5.15. The van der Waals surface area contributed by atoms with Crippen LogP contribution in [0.3, 0.4) is 0 Å². The van der Waals surface area contributed by atoms with Gasteiger partial charge in [-0.25, -0.2) is 0 Å². The second kappa shape index (κ2) is 4.54. The molecule has 0 saturated carbocycles. The molecule has 82 valence electrons. The summed E-state index contributed by atoms with van der Waals surface area (Å²) in [6, 6.07) is 7.13. The number of rotatable bonds is 2. The van der Waals surface area contributed by atoms with E-state index in [1.807, 2.05) is 12.1 Å². The SMILES string of the molecule is CC(C)NC1CCOc2ccc(Br)cc21. The molecule has 1 aliphatic rings. The molecular weight excluding hydrogens is 254 g/mol. The zero-order valence-corrected chi connectivity index (χ0v) is 10.7. The Bertz CT molecular complexity index is 351. The number of hydrogen-bond acceptors (Lipinski definition) is 2. The van der Waals surface area contributed by atoms with Gasteiger partial charge < -0.3 is 10.1 Å². The van der Waals surface area contributed by atoms with Crippen molar-refractivity contribution < 1.29 is 4.74 Å². The van der Waals surface area contributed by atoms with E-state index < -0.39 is 0 Å². The fourth-order valence-electron chi connectivity index (χ4n) is 1.94. The van der Waals surface area contributed by atoms with E-state index in [1.165, 1.54) is 5.56 Å². The minimum absolute atomic E-state index is 0.422. The summed E-state index contributed by atoms with van der Waals surface area (Å²) in [6.07, 6.45) is 1.04. The molecule has 2 rings (SSSR count). The standard InChI is InChI=1S/C12H16BrNO/c1-8(2)14-11-5-6-15-12-4-3-9(13)7-10(11)12/h3-4,7-8,11,14H,5-6H2,1-2H3. The van der Waals surface area contributed by atoms with E-state index in [0.29, 0.717) is 12.1 Å². The van der Waals surface area contributed by atoms with E-state index in [9.17, 15) is 0 Å². The van der Waals surface area contributed by atoms with Crippen LogP contribution in [0.25, 0.3) is 0 Å². The van der Waals surface area contributed by atoms with Gasteiger partial charge in [-0.1, -0.05) is 29.8 Å². The van der Waals surface area contributed by atoms with E-state index in [-0.39, 0.29) is 0 Å². The second-order valence-corrected chi connectivity index (χ2v) is 5.11. The highest BCUT2D eigenvalue weighted by atomic mass is 79.9. The van der Waals surface area contributed by atoms with Gasteiger partial charge in [0.05, 0.1) is 6.61 Å². The Labute approximate surface area is 99.1 Å². The molecule has 0 bridgehead atoms. The zero-order chi connectivity index (χ0) is 10.8. The lowest BCUT2D eigenvalue weighted by atomic mass is 10.00. The van der Waals surface area contributed by atoms with Gasteiger partial charge in [-0.05, 0) is 18.2 Å². The third-order valence-electron chi connectivity index (χ3n) is 2.55. The van der Waals surface area contributed by atoms with Crippen molar-refractivity contribution >= 4 is 15.9 Å². The lowest BCUT2D eigenvalue weighted by Crippen LogP contribution is -2.31. The third kappa shape index (κ3) is 2.52. The Balaban J connectivity index is 2.28. The lowest BCUT2D eigenvalue weighted by Gasteiger charge is -2.28. The second-order valence-electron chi connectivity index (χ2n) is 4.19. The number of fused-ring (bicyclic) bond motifs is 1. The van der Waals surface area contributed by atoms with Crippen LogP contribution in [0.5, 0.6) is 5.75 Å². The Morgan fingerprint density at radius 3 is 3.00 bits per heavy atom. The highest BCUT2D eigenvalue weighted by molar-refractivity contribution is 9.10. The molecule has 0 fully saturated rings. The van der Waals surface area contributed by atoms with Crippen molar-refractivity contribution in [3.63, 3.8) is 0 Å². The summed E-state index contributed by atoms with van der Waals surface area (Å²) in [4.78, 5) is 0. The molecule has 0 amide bonds. The fourth-order valence-corrected chi connectivity index (χ4v) is 2.32. The van der Waals surface area contributed by atoms with Crippen molar-refractivity contribution in [3.8, 4) is 5.75 Å². The van der Waals surface area contributed by atoms with Crippen LogP contribution >= 0.6 is 15.9 Å². The van der Waals surface area contributed by atoms with Gasteiger partial charge in [0.2, 0.25) is 0 Å². The van der Waals surface area contributed by atoms with Gasteiger partial charge in [0.15, 0.2) is 0 Å². The van der Waals surface area contributed by atoms with Crippen molar-refractivity contribution in [1.29, 1.82) is 0 Å². The van der Waals surface area contributed by atoms with E-state index in [0.717, 1.165) is 23.2 Å². The molecule has 15 heavy (non-hydrogen) atoms. The van der Waals surface area contributed by atoms with Crippen LogP contribution in [0.15, 0.2) is 22.7 Å². The number of nitrogens with one attached hydrogen (secondary N) is 1. The van der Waals surface area contributed by atoms with Crippen LogP contribution in [0, 0.1) is 0 Å². The third-order valence-corrected chi connectivity index (χ3v) is 3.04. The molecule has 1 N–H and O–H groups in total. The normalized spacial score (nSPS) is 19.9. The Morgan fingerprint density at radius 1 is 1.47 bits per heavy atom. The molecule has 1 unspecified atom stereocenters. The monoisotopic (exact) mass is 269 g/mol. The van der Waals surface area contributed by atoms with Crippen molar-refractivity contribution in [1.82, 2.24) is 5.32 Å².